The fourth-order valence-corrected chi connectivity index (χ4v) is 3.35. The number of fused-ring (bicyclic) bond motifs is 1. The van der Waals surface area contributed by atoms with Crippen LogP contribution in [-0.2, 0) is 30.9 Å². The van der Waals surface area contributed by atoms with Gasteiger partial charge in [0, 0.05) is 43.4 Å². The van der Waals surface area contributed by atoms with Crippen LogP contribution in [0, 0.1) is 5.92 Å². The molecule has 4 rings (SSSR count). The van der Waals surface area contributed by atoms with Crippen LogP contribution in [0.25, 0.3) is 0 Å². The number of nitrogens with zero attached hydrogens (tertiary/aromatic N) is 5. The second-order valence-electron chi connectivity index (χ2n) is 7.98. The van der Waals surface area contributed by atoms with Gasteiger partial charge in [-0.05, 0) is 32.6 Å². The van der Waals surface area contributed by atoms with Gasteiger partial charge in [0.2, 0.25) is 0 Å². The number of carboxylic acids is 1. The highest BCUT2D eigenvalue weighted by atomic mass is 19.4. The lowest BCUT2D eigenvalue weighted by Crippen LogP contribution is -2.36. The Bertz CT molecular complexity index is 882. The SMILES string of the molecule is CC(C)N1CCc2c(c(COc3cncnc3)nn2CC2CC2)C1.O=C(O)C(F)(F)F. The van der Waals surface area contributed by atoms with Crippen molar-refractivity contribution in [3.05, 3.63) is 35.7 Å². The molecule has 0 unspecified atom stereocenters. The Balaban J connectivity index is 0.000000339. The van der Waals surface area contributed by atoms with Gasteiger partial charge in [0.25, 0.3) is 0 Å². The molecule has 0 radical (unpaired) electrons. The van der Waals surface area contributed by atoms with Crippen LogP contribution in [0.1, 0.15) is 43.6 Å². The average Bonchev–Trinajstić information content (AvgIpc) is 3.48. The summed E-state index contributed by atoms with van der Waals surface area (Å²) in [4.78, 5) is 19.4. The highest BCUT2D eigenvalue weighted by Gasteiger charge is 2.38. The van der Waals surface area contributed by atoms with E-state index in [1.54, 1.807) is 12.4 Å². The molecule has 1 aliphatic heterocycles. The van der Waals surface area contributed by atoms with Crippen LogP contribution in [0.2, 0.25) is 0 Å². The third-order valence-electron chi connectivity index (χ3n) is 5.26. The lowest BCUT2D eigenvalue weighted by molar-refractivity contribution is -0.192. The quantitative estimate of drug-likeness (QED) is 0.736. The molecule has 2 aromatic rings. The maximum Gasteiger partial charge on any atom is 0.490 e. The van der Waals surface area contributed by atoms with Gasteiger partial charge in [0.1, 0.15) is 18.6 Å². The molecule has 8 nitrogen and oxygen atoms in total. The van der Waals surface area contributed by atoms with E-state index < -0.39 is 12.1 Å². The van der Waals surface area contributed by atoms with Crippen LogP contribution in [0.15, 0.2) is 18.7 Å². The summed E-state index contributed by atoms with van der Waals surface area (Å²) < 4.78 is 39.9. The van der Waals surface area contributed by atoms with Crippen LogP contribution in [0.3, 0.4) is 0 Å². The zero-order chi connectivity index (χ0) is 22.6. The number of carboxylic acid groups (broad SMARTS) is 1. The number of aliphatic carboxylic acids is 1. The Kier molecular flexibility index (Phi) is 7.14. The minimum atomic E-state index is -5.08. The van der Waals surface area contributed by atoms with Crippen LogP contribution in [-0.4, -0.2) is 54.5 Å². The molecule has 170 valence electrons. The predicted molar refractivity (Wildman–Crippen MR) is 104 cm³/mol. The van der Waals surface area contributed by atoms with Crippen molar-refractivity contribution in [3.63, 3.8) is 0 Å². The number of carbonyl (C=O) groups is 1. The molecule has 1 N–H and O–H groups in total. The van der Waals surface area contributed by atoms with Gasteiger partial charge < -0.3 is 9.84 Å². The monoisotopic (exact) mass is 441 g/mol. The van der Waals surface area contributed by atoms with Crippen molar-refractivity contribution in [3.8, 4) is 5.75 Å². The Morgan fingerprint density at radius 3 is 2.48 bits per heavy atom. The molecule has 1 saturated carbocycles. The van der Waals surface area contributed by atoms with Gasteiger partial charge in [0.15, 0.2) is 5.75 Å². The van der Waals surface area contributed by atoms with E-state index in [9.17, 15) is 13.2 Å². The van der Waals surface area contributed by atoms with E-state index in [0.29, 0.717) is 18.4 Å². The molecule has 1 aliphatic carbocycles. The Labute approximate surface area is 178 Å². The molecule has 0 bridgehead atoms. The van der Waals surface area contributed by atoms with E-state index in [2.05, 4.69) is 33.4 Å². The second-order valence-corrected chi connectivity index (χ2v) is 7.98. The van der Waals surface area contributed by atoms with Crippen molar-refractivity contribution < 1.29 is 27.8 Å². The number of hydrogen-bond donors (Lipinski definition) is 1. The third kappa shape index (κ3) is 6.39. The largest absolute Gasteiger partial charge is 0.490 e. The maximum atomic E-state index is 10.6. The average molecular weight is 441 g/mol. The van der Waals surface area contributed by atoms with Crippen LogP contribution in [0.4, 0.5) is 13.2 Å². The zero-order valence-corrected chi connectivity index (χ0v) is 17.5. The minimum Gasteiger partial charge on any atom is -0.484 e. The molecular weight excluding hydrogens is 415 g/mol. The summed E-state index contributed by atoms with van der Waals surface area (Å²) in [6.45, 7) is 8.17. The second kappa shape index (κ2) is 9.63. The summed E-state index contributed by atoms with van der Waals surface area (Å²) in [5, 5.41) is 12.0. The van der Waals surface area contributed by atoms with Gasteiger partial charge in [-0.1, -0.05) is 0 Å². The Hall–Kier alpha value is -2.69. The highest BCUT2D eigenvalue weighted by molar-refractivity contribution is 5.73. The Morgan fingerprint density at radius 1 is 1.29 bits per heavy atom. The third-order valence-corrected chi connectivity index (χ3v) is 5.26. The molecular formula is C20H26F3N5O3. The minimum absolute atomic E-state index is 0.485. The van der Waals surface area contributed by atoms with Crippen molar-refractivity contribution in [2.75, 3.05) is 6.54 Å². The van der Waals surface area contributed by atoms with E-state index in [4.69, 9.17) is 19.7 Å². The van der Waals surface area contributed by atoms with Crippen LogP contribution in [0.5, 0.6) is 5.75 Å². The molecule has 2 aromatic heterocycles. The zero-order valence-electron chi connectivity index (χ0n) is 17.5. The number of ether oxygens (including phenoxy) is 1. The lowest BCUT2D eigenvalue weighted by atomic mass is 10.0. The van der Waals surface area contributed by atoms with E-state index >= 15 is 0 Å². The molecule has 0 spiro atoms. The molecule has 0 atom stereocenters. The normalized spacial score (nSPS) is 16.5. The number of halogens is 3. The molecule has 11 heteroatoms. The van der Waals surface area contributed by atoms with Crippen molar-refractivity contribution in [2.45, 2.75) is 65.0 Å². The van der Waals surface area contributed by atoms with Gasteiger partial charge in [-0.3, -0.25) is 9.58 Å². The topological polar surface area (TPSA) is 93.4 Å². The molecule has 1 fully saturated rings. The van der Waals surface area contributed by atoms with E-state index in [1.165, 1.54) is 30.4 Å². The van der Waals surface area contributed by atoms with Gasteiger partial charge >= 0.3 is 12.1 Å². The van der Waals surface area contributed by atoms with E-state index in [0.717, 1.165) is 37.7 Å². The van der Waals surface area contributed by atoms with E-state index in [1.807, 2.05) is 0 Å². The molecule has 0 amide bonds. The first kappa shape index (κ1) is 23.0. The molecule has 3 heterocycles. The summed E-state index contributed by atoms with van der Waals surface area (Å²) in [5.74, 6) is -1.24. The van der Waals surface area contributed by atoms with Gasteiger partial charge in [-0.2, -0.15) is 18.3 Å². The van der Waals surface area contributed by atoms with Crippen molar-refractivity contribution >= 4 is 5.97 Å². The fraction of sp³-hybridized carbons (Fsp3) is 0.600. The van der Waals surface area contributed by atoms with Crippen LogP contribution >= 0.6 is 0 Å². The summed E-state index contributed by atoms with van der Waals surface area (Å²) in [5.41, 5.74) is 3.86. The van der Waals surface area contributed by atoms with Crippen molar-refractivity contribution in [2.24, 2.45) is 5.92 Å². The molecule has 31 heavy (non-hydrogen) atoms. The smallest absolute Gasteiger partial charge is 0.484 e. The summed E-state index contributed by atoms with van der Waals surface area (Å²) in [7, 11) is 0. The van der Waals surface area contributed by atoms with Crippen LogP contribution < -0.4 is 4.74 Å². The standard InChI is InChI=1S/C18H25N5O.C2HF3O2/c1-13(2)22-6-5-18-16(10-22)17(21-23(18)9-14-3-4-14)11-24-15-7-19-12-20-8-15;3-2(4,5)1(6)7/h7-8,12-14H,3-6,9-11H2,1-2H3;(H,6,7). The predicted octanol–water partition coefficient (Wildman–Crippen LogP) is 3.06. The highest BCUT2D eigenvalue weighted by Crippen LogP contribution is 2.33. The molecule has 0 aromatic carbocycles. The number of alkyl halides is 3. The summed E-state index contributed by atoms with van der Waals surface area (Å²) in [6, 6.07) is 0.557. The summed E-state index contributed by atoms with van der Waals surface area (Å²) >= 11 is 0. The fourth-order valence-electron chi connectivity index (χ4n) is 3.35. The Morgan fingerprint density at radius 2 is 1.94 bits per heavy atom. The summed E-state index contributed by atoms with van der Waals surface area (Å²) in [6.07, 6.45) is 3.60. The number of hydrogen-bond acceptors (Lipinski definition) is 6. The first-order valence-corrected chi connectivity index (χ1v) is 10.1. The molecule has 0 saturated heterocycles. The van der Waals surface area contributed by atoms with Crippen molar-refractivity contribution in [1.29, 1.82) is 0 Å². The first-order chi connectivity index (χ1) is 14.6. The number of aromatic nitrogens is 4. The first-order valence-electron chi connectivity index (χ1n) is 10.1. The van der Waals surface area contributed by atoms with Gasteiger partial charge in [-0.15, -0.1) is 0 Å². The van der Waals surface area contributed by atoms with Gasteiger partial charge in [0.05, 0.1) is 12.4 Å². The lowest BCUT2D eigenvalue weighted by Gasteiger charge is -2.31. The maximum absolute atomic E-state index is 10.6. The van der Waals surface area contributed by atoms with Gasteiger partial charge in [-0.25, -0.2) is 14.8 Å². The molecule has 2 aliphatic rings. The van der Waals surface area contributed by atoms with E-state index in [-0.39, 0.29) is 0 Å². The number of rotatable bonds is 6. The van der Waals surface area contributed by atoms with Crippen molar-refractivity contribution in [1.82, 2.24) is 24.6 Å².